The third kappa shape index (κ3) is 2.93. The monoisotopic (exact) mass is 278 g/mol. The van der Waals surface area contributed by atoms with Gasteiger partial charge in [0, 0.05) is 30.4 Å². The Bertz CT molecular complexity index is 485. The Morgan fingerprint density at radius 2 is 2.15 bits per heavy atom. The topological polar surface area (TPSA) is 56.4 Å². The van der Waals surface area contributed by atoms with Crippen LogP contribution in [0.1, 0.15) is 25.8 Å². The van der Waals surface area contributed by atoms with Crippen LogP contribution in [0, 0.1) is 11.2 Å². The summed E-state index contributed by atoms with van der Waals surface area (Å²) in [7, 11) is 0. The number of anilines is 1. The van der Waals surface area contributed by atoms with E-state index in [0.717, 1.165) is 38.3 Å². The smallest absolute Gasteiger partial charge is 0.125 e. The molecule has 1 unspecified atom stereocenters. The molecule has 0 radical (unpaired) electrons. The summed E-state index contributed by atoms with van der Waals surface area (Å²) in [5.74, 6) is -0.427. The van der Waals surface area contributed by atoms with Crippen LogP contribution >= 0.6 is 0 Å². The maximum absolute atomic E-state index is 13.3. The van der Waals surface area contributed by atoms with E-state index < -0.39 is 0 Å². The lowest BCUT2D eigenvalue weighted by atomic mass is 10.1. The van der Waals surface area contributed by atoms with Crippen LogP contribution in [-0.4, -0.2) is 43.0 Å². The largest absolute Gasteiger partial charge is 0.384 e. The van der Waals surface area contributed by atoms with Gasteiger partial charge in [0.2, 0.25) is 0 Å². The number of rotatable bonds is 5. The molecule has 5 heteroatoms. The Hall–Kier alpha value is -1.62. The van der Waals surface area contributed by atoms with Gasteiger partial charge in [-0.05, 0) is 37.7 Å². The van der Waals surface area contributed by atoms with Crippen molar-refractivity contribution in [3.8, 4) is 0 Å². The van der Waals surface area contributed by atoms with Crippen molar-refractivity contribution in [1.82, 2.24) is 4.90 Å². The van der Waals surface area contributed by atoms with E-state index in [1.54, 1.807) is 6.07 Å². The minimum atomic E-state index is -0.349. The van der Waals surface area contributed by atoms with E-state index in [2.05, 4.69) is 23.6 Å². The Morgan fingerprint density at radius 3 is 2.75 bits per heavy atom. The zero-order valence-corrected chi connectivity index (χ0v) is 12.2. The first kappa shape index (κ1) is 14.8. The van der Waals surface area contributed by atoms with Crippen molar-refractivity contribution in [2.24, 2.45) is 5.73 Å². The van der Waals surface area contributed by atoms with Gasteiger partial charge in [-0.1, -0.05) is 13.8 Å². The molecule has 4 nitrogen and oxygen atoms in total. The van der Waals surface area contributed by atoms with E-state index in [-0.39, 0.29) is 11.7 Å². The van der Waals surface area contributed by atoms with Crippen LogP contribution in [0.2, 0.25) is 0 Å². The molecule has 0 bridgehead atoms. The van der Waals surface area contributed by atoms with Crippen molar-refractivity contribution in [2.75, 3.05) is 31.1 Å². The molecule has 1 aliphatic rings. The number of hydrogen-bond acceptors (Lipinski definition) is 3. The van der Waals surface area contributed by atoms with E-state index in [1.807, 2.05) is 0 Å². The zero-order chi connectivity index (χ0) is 14.7. The molecule has 1 atom stereocenters. The van der Waals surface area contributed by atoms with Gasteiger partial charge in [-0.3, -0.25) is 10.3 Å². The second-order valence-electron chi connectivity index (χ2n) is 5.18. The lowest BCUT2D eigenvalue weighted by molar-refractivity contribution is 0.232. The SMILES string of the molecule is CCN(CC)C1CCN(c2ccc(F)cc2C(=N)N)C1. The van der Waals surface area contributed by atoms with Crippen LogP contribution < -0.4 is 10.6 Å². The molecule has 3 N–H and O–H groups in total. The Labute approximate surface area is 119 Å². The van der Waals surface area contributed by atoms with Crippen LogP contribution in [-0.2, 0) is 0 Å². The lowest BCUT2D eigenvalue weighted by Gasteiger charge is -2.27. The van der Waals surface area contributed by atoms with Crippen LogP contribution in [0.5, 0.6) is 0 Å². The minimum absolute atomic E-state index is 0.0780. The van der Waals surface area contributed by atoms with Gasteiger partial charge in [0.15, 0.2) is 0 Å². The fourth-order valence-electron chi connectivity index (χ4n) is 3.00. The maximum atomic E-state index is 13.3. The summed E-state index contributed by atoms with van der Waals surface area (Å²) < 4.78 is 13.3. The summed E-state index contributed by atoms with van der Waals surface area (Å²) in [6, 6.07) is 5.04. The van der Waals surface area contributed by atoms with Crippen molar-refractivity contribution in [1.29, 1.82) is 5.41 Å². The Kier molecular flexibility index (Phi) is 4.60. The van der Waals surface area contributed by atoms with E-state index in [9.17, 15) is 4.39 Å². The average Bonchev–Trinajstić information content (AvgIpc) is 2.89. The van der Waals surface area contributed by atoms with Crippen molar-refractivity contribution in [3.05, 3.63) is 29.6 Å². The molecule has 1 heterocycles. The van der Waals surface area contributed by atoms with Crippen LogP contribution in [0.15, 0.2) is 18.2 Å². The number of hydrogen-bond donors (Lipinski definition) is 2. The molecule has 0 aliphatic carbocycles. The molecule has 0 saturated carbocycles. The third-order valence-electron chi connectivity index (χ3n) is 4.08. The van der Waals surface area contributed by atoms with E-state index in [4.69, 9.17) is 11.1 Å². The van der Waals surface area contributed by atoms with Gasteiger partial charge in [-0.25, -0.2) is 4.39 Å². The molecule has 0 aromatic heterocycles. The molecule has 110 valence electrons. The second-order valence-corrected chi connectivity index (χ2v) is 5.18. The van der Waals surface area contributed by atoms with Crippen LogP contribution in [0.25, 0.3) is 0 Å². The maximum Gasteiger partial charge on any atom is 0.125 e. The van der Waals surface area contributed by atoms with Crippen molar-refractivity contribution in [3.63, 3.8) is 0 Å². The first-order valence-electron chi connectivity index (χ1n) is 7.19. The second kappa shape index (κ2) is 6.22. The Balaban J connectivity index is 2.20. The number of nitrogens with one attached hydrogen (secondary N) is 1. The highest BCUT2D eigenvalue weighted by Gasteiger charge is 2.27. The number of nitrogen functional groups attached to an aromatic ring is 1. The number of halogens is 1. The van der Waals surface area contributed by atoms with Crippen molar-refractivity contribution < 1.29 is 4.39 Å². The predicted octanol–water partition coefficient (Wildman–Crippen LogP) is 2.03. The van der Waals surface area contributed by atoms with E-state index in [0.29, 0.717) is 11.6 Å². The third-order valence-corrected chi connectivity index (χ3v) is 4.08. The van der Waals surface area contributed by atoms with Gasteiger partial charge in [-0.15, -0.1) is 0 Å². The fourth-order valence-corrected chi connectivity index (χ4v) is 3.00. The predicted molar refractivity (Wildman–Crippen MR) is 81.0 cm³/mol. The number of benzene rings is 1. The molecular weight excluding hydrogens is 255 g/mol. The minimum Gasteiger partial charge on any atom is -0.384 e. The van der Waals surface area contributed by atoms with Crippen LogP contribution in [0.4, 0.5) is 10.1 Å². The van der Waals surface area contributed by atoms with Crippen molar-refractivity contribution >= 4 is 11.5 Å². The summed E-state index contributed by atoms with van der Waals surface area (Å²) in [5.41, 5.74) is 6.94. The molecule has 2 rings (SSSR count). The fraction of sp³-hybridized carbons (Fsp3) is 0.533. The van der Waals surface area contributed by atoms with Gasteiger partial charge >= 0.3 is 0 Å². The molecule has 1 aliphatic heterocycles. The molecular formula is C15H23FN4. The quantitative estimate of drug-likeness (QED) is 0.640. The standard InChI is InChI=1S/C15H23FN4/c1-3-19(4-2)12-7-8-20(10-12)14-6-5-11(16)9-13(14)15(17)18/h5-6,9,12H,3-4,7-8,10H2,1-2H3,(H3,17,18). The normalized spacial score (nSPS) is 18.8. The molecule has 1 saturated heterocycles. The number of nitrogens with zero attached hydrogens (tertiary/aromatic N) is 2. The average molecular weight is 278 g/mol. The number of nitrogens with two attached hydrogens (primary N) is 1. The van der Waals surface area contributed by atoms with Gasteiger partial charge in [-0.2, -0.15) is 0 Å². The Morgan fingerprint density at radius 1 is 1.45 bits per heavy atom. The van der Waals surface area contributed by atoms with Crippen molar-refractivity contribution in [2.45, 2.75) is 26.3 Å². The summed E-state index contributed by atoms with van der Waals surface area (Å²) in [6.07, 6.45) is 1.09. The zero-order valence-electron chi connectivity index (χ0n) is 12.2. The molecule has 20 heavy (non-hydrogen) atoms. The molecule has 0 amide bonds. The summed E-state index contributed by atoms with van der Waals surface area (Å²) in [6.45, 7) is 8.26. The summed E-state index contributed by atoms with van der Waals surface area (Å²) >= 11 is 0. The van der Waals surface area contributed by atoms with Gasteiger partial charge in [0.25, 0.3) is 0 Å². The van der Waals surface area contributed by atoms with Gasteiger partial charge in [0.1, 0.15) is 11.7 Å². The summed E-state index contributed by atoms with van der Waals surface area (Å²) in [5, 5.41) is 7.62. The van der Waals surface area contributed by atoms with Gasteiger partial charge in [0.05, 0.1) is 0 Å². The number of amidine groups is 1. The molecule has 1 fully saturated rings. The van der Waals surface area contributed by atoms with Crippen LogP contribution in [0.3, 0.4) is 0 Å². The van der Waals surface area contributed by atoms with E-state index >= 15 is 0 Å². The first-order chi connectivity index (χ1) is 9.56. The number of likely N-dealkylation sites (N-methyl/N-ethyl adjacent to an activating group) is 1. The molecule has 0 spiro atoms. The van der Waals surface area contributed by atoms with E-state index in [1.165, 1.54) is 12.1 Å². The lowest BCUT2D eigenvalue weighted by Crippen LogP contribution is -2.37. The van der Waals surface area contributed by atoms with Gasteiger partial charge < -0.3 is 10.6 Å². The molecule has 1 aromatic rings. The highest BCUT2D eigenvalue weighted by Crippen LogP contribution is 2.27. The highest BCUT2D eigenvalue weighted by molar-refractivity contribution is 6.00. The molecule has 1 aromatic carbocycles. The summed E-state index contributed by atoms with van der Waals surface area (Å²) in [4.78, 5) is 4.65. The first-order valence-corrected chi connectivity index (χ1v) is 7.19. The highest BCUT2D eigenvalue weighted by atomic mass is 19.1.